The van der Waals surface area contributed by atoms with E-state index < -0.39 is 16.2 Å². The van der Waals surface area contributed by atoms with Crippen LogP contribution < -0.4 is 5.32 Å². The second-order valence-electron chi connectivity index (χ2n) is 16.1. The predicted octanol–water partition coefficient (Wildman–Crippen LogP) is 8.94. The molecule has 2 N–H and O–H groups in total. The highest BCUT2D eigenvalue weighted by Crippen LogP contribution is 2.45. The number of ether oxygens (including phenoxy) is 1. The monoisotopic (exact) mass is 627 g/mol. The summed E-state index contributed by atoms with van der Waals surface area (Å²) in [5, 5.41) is 25.3. The van der Waals surface area contributed by atoms with Gasteiger partial charge in [-0.05, 0) is 111 Å². The van der Waals surface area contributed by atoms with Crippen LogP contribution in [0.3, 0.4) is 0 Å². The van der Waals surface area contributed by atoms with Crippen molar-refractivity contribution in [2.75, 3.05) is 19.7 Å². The van der Waals surface area contributed by atoms with E-state index in [1.165, 1.54) is 32.1 Å². The SMILES string of the molecule is CC(C)(CCCC(=O)O)CCCC(C)(C)C(=O)OC1CCNCC1.CCCCCCCCO[N+]1([O])C(C)(C)CCCC1(C)C. The number of nitrogens with one attached hydrogen (secondary N) is 1. The molecule has 2 saturated heterocycles. The summed E-state index contributed by atoms with van der Waals surface area (Å²) in [6, 6.07) is 0. The molecule has 8 nitrogen and oxygen atoms in total. The fourth-order valence-electron chi connectivity index (χ4n) is 6.67. The van der Waals surface area contributed by atoms with E-state index >= 15 is 0 Å². The number of hydrogen-bond acceptors (Lipinski definition) is 5. The number of hydrogen-bond donors (Lipinski definition) is 2. The molecule has 0 atom stereocenters. The highest BCUT2D eigenvalue weighted by molar-refractivity contribution is 5.76. The fourth-order valence-corrected chi connectivity index (χ4v) is 6.67. The van der Waals surface area contributed by atoms with E-state index in [0.29, 0.717) is 13.0 Å². The van der Waals surface area contributed by atoms with Crippen LogP contribution in [0.2, 0.25) is 0 Å². The zero-order chi connectivity index (χ0) is 33.5. The van der Waals surface area contributed by atoms with Gasteiger partial charge in [0.15, 0.2) is 11.1 Å². The van der Waals surface area contributed by atoms with Crippen LogP contribution >= 0.6 is 0 Å². The topological polar surface area (TPSA) is 105 Å². The van der Waals surface area contributed by atoms with Gasteiger partial charge in [-0.1, -0.05) is 59.3 Å². The first-order chi connectivity index (χ1) is 20.4. The Morgan fingerprint density at radius 2 is 1.39 bits per heavy atom. The van der Waals surface area contributed by atoms with Crippen LogP contribution in [-0.4, -0.2) is 58.7 Å². The fraction of sp³-hybridized carbons (Fsp3) is 0.944. The van der Waals surface area contributed by atoms with Gasteiger partial charge in [-0.25, -0.2) is 0 Å². The predicted molar refractivity (Wildman–Crippen MR) is 177 cm³/mol. The Labute approximate surface area is 270 Å². The molecule has 1 radical (unpaired) electrons. The van der Waals surface area contributed by atoms with Crippen LogP contribution in [0.5, 0.6) is 0 Å². The molecule has 2 aliphatic rings. The third-order valence-corrected chi connectivity index (χ3v) is 9.95. The molecule has 8 heteroatoms. The van der Waals surface area contributed by atoms with Crippen LogP contribution in [-0.2, 0) is 24.4 Å². The Balaban J connectivity index is 0.000000447. The van der Waals surface area contributed by atoms with E-state index in [0.717, 1.165) is 77.3 Å². The molecule has 0 aliphatic carbocycles. The first kappa shape index (κ1) is 40.8. The van der Waals surface area contributed by atoms with Gasteiger partial charge in [0, 0.05) is 24.1 Å². The van der Waals surface area contributed by atoms with Gasteiger partial charge in [0.25, 0.3) is 0 Å². The molecule has 0 saturated carbocycles. The molecular weight excluding hydrogens is 556 g/mol. The number of carboxylic acids is 1. The van der Waals surface area contributed by atoms with Crippen molar-refractivity contribution in [1.29, 1.82) is 0 Å². The third-order valence-electron chi connectivity index (χ3n) is 9.95. The molecule has 44 heavy (non-hydrogen) atoms. The lowest BCUT2D eigenvalue weighted by molar-refractivity contribution is -1.32. The molecule has 0 aromatic carbocycles. The number of rotatable bonds is 18. The maximum Gasteiger partial charge on any atom is 0.311 e. The number of nitrogens with zero attached hydrogens (tertiary/aromatic N) is 1. The minimum atomic E-state index is -0.729. The molecule has 0 bridgehead atoms. The van der Waals surface area contributed by atoms with Gasteiger partial charge >= 0.3 is 11.9 Å². The summed E-state index contributed by atoms with van der Waals surface area (Å²) < 4.78 is 5.69. The average Bonchev–Trinajstić information content (AvgIpc) is 2.91. The van der Waals surface area contributed by atoms with Crippen LogP contribution in [0.4, 0.5) is 0 Å². The molecule has 0 aromatic rings. The lowest BCUT2D eigenvalue weighted by Crippen LogP contribution is -2.70. The molecule has 0 amide bonds. The van der Waals surface area contributed by atoms with Gasteiger partial charge in [-0.3, -0.25) is 9.59 Å². The van der Waals surface area contributed by atoms with E-state index in [1.54, 1.807) is 0 Å². The normalized spacial score (nSPS) is 20.0. The second kappa shape index (κ2) is 18.8. The molecule has 0 spiro atoms. The van der Waals surface area contributed by atoms with E-state index in [1.807, 2.05) is 13.8 Å². The Hall–Kier alpha value is -1.22. The molecule has 0 unspecified atom stereocenters. The lowest BCUT2D eigenvalue weighted by Gasteiger charge is -2.50. The minimum Gasteiger partial charge on any atom is -0.481 e. The maximum atomic E-state index is 13.3. The van der Waals surface area contributed by atoms with Gasteiger partial charge in [0.05, 0.1) is 10.6 Å². The van der Waals surface area contributed by atoms with Crippen LogP contribution in [0.1, 0.15) is 171 Å². The first-order valence-electron chi connectivity index (χ1n) is 17.8. The summed E-state index contributed by atoms with van der Waals surface area (Å²) in [6.45, 7) is 21.2. The molecule has 2 heterocycles. The Morgan fingerprint density at radius 1 is 0.841 bits per heavy atom. The number of unbranched alkanes of at least 4 members (excludes halogenated alkanes) is 5. The van der Waals surface area contributed by atoms with Gasteiger partial charge < -0.3 is 15.2 Å². The van der Waals surface area contributed by atoms with Gasteiger partial charge in [-0.15, -0.1) is 0 Å². The van der Waals surface area contributed by atoms with Crippen LogP contribution in [0, 0.1) is 10.8 Å². The van der Waals surface area contributed by atoms with Crippen molar-refractivity contribution in [3.63, 3.8) is 0 Å². The molecule has 2 rings (SSSR count). The van der Waals surface area contributed by atoms with Crippen molar-refractivity contribution in [3.05, 3.63) is 0 Å². The van der Waals surface area contributed by atoms with Crippen LogP contribution in [0.15, 0.2) is 0 Å². The second-order valence-corrected chi connectivity index (χ2v) is 16.1. The van der Waals surface area contributed by atoms with Gasteiger partial charge in [0.2, 0.25) is 0 Å². The Kier molecular flexibility index (Phi) is 17.4. The van der Waals surface area contributed by atoms with Gasteiger partial charge in [-0.2, -0.15) is 4.84 Å². The largest absolute Gasteiger partial charge is 0.481 e. The number of piperidine rings is 2. The summed E-state index contributed by atoms with van der Waals surface area (Å²) in [6.07, 6.45) is 16.9. The van der Waals surface area contributed by atoms with E-state index in [2.05, 4.69) is 53.8 Å². The van der Waals surface area contributed by atoms with Crippen molar-refractivity contribution in [3.8, 4) is 0 Å². The van der Waals surface area contributed by atoms with Crippen molar-refractivity contribution >= 4 is 11.9 Å². The standard InChI is InChI=1S/C19H35NO4.C17H35NO2/c1-18(2,10-5-7-16(21)22)11-6-12-19(3,4)17(23)24-15-8-13-20-14-9-15;1-6-7-8-9-10-11-15-20-18(19)16(2,3)13-12-14-17(18,4)5/h15,20H,5-14H2,1-4H3,(H,21,22);6-15H2,1-5H3/q;+1. The van der Waals surface area contributed by atoms with Crippen molar-refractivity contribution < 1.29 is 34.3 Å². The maximum absolute atomic E-state index is 13.3. The number of esters is 1. The van der Waals surface area contributed by atoms with Gasteiger partial charge in [0.1, 0.15) is 12.7 Å². The number of hydroxylamine groups is 4. The summed E-state index contributed by atoms with van der Waals surface area (Å²) in [7, 11) is 0. The number of carbonyl (C=O) groups excluding carboxylic acids is 1. The molecule has 2 fully saturated rings. The zero-order valence-electron chi connectivity index (χ0n) is 30.2. The molecule has 0 aromatic heterocycles. The molecule has 2 aliphatic heterocycles. The summed E-state index contributed by atoms with van der Waals surface area (Å²) in [5.41, 5.74) is -1.000. The number of carbonyl (C=O) groups is 2. The molecular formula is C36H70N2O6+. The number of carboxylic acid groups (broad SMARTS) is 1. The minimum absolute atomic E-state index is 0.0606. The van der Waals surface area contributed by atoms with E-state index in [-0.39, 0.29) is 35.0 Å². The van der Waals surface area contributed by atoms with Crippen molar-refractivity contribution in [2.24, 2.45) is 10.8 Å². The zero-order valence-corrected chi connectivity index (χ0v) is 30.2. The Bertz CT molecular complexity index is 816. The van der Waals surface area contributed by atoms with Crippen molar-refractivity contribution in [1.82, 2.24) is 5.32 Å². The highest BCUT2D eigenvalue weighted by Gasteiger charge is 2.61. The van der Waals surface area contributed by atoms with Crippen molar-refractivity contribution in [2.45, 2.75) is 189 Å². The molecule has 259 valence electrons. The number of quaternary nitrogens is 1. The third kappa shape index (κ3) is 14.0. The summed E-state index contributed by atoms with van der Waals surface area (Å²) in [4.78, 5) is 28.5. The first-order valence-corrected chi connectivity index (χ1v) is 17.8. The summed E-state index contributed by atoms with van der Waals surface area (Å²) >= 11 is 0. The smallest absolute Gasteiger partial charge is 0.311 e. The highest BCUT2D eigenvalue weighted by atomic mass is 16.9. The van der Waals surface area contributed by atoms with E-state index in [9.17, 15) is 14.8 Å². The van der Waals surface area contributed by atoms with E-state index in [4.69, 9.17) is 14.7 Å². The van der Waals surface area contributed by atoms with Crippen LogP contribution in [0.25, 0.3) is 0 Å². The Morgan fingerprint density at radius 3 is 1.95 bits per heavy atom. The number of aliphatic carboxylic acids is 1. The lowest BCUT2D eigenvalue weighted by atomic mass is 9.79. The quantitative estimate of drug-likeness (QED) is 0.0894. The average molecular weight is 627 g/mol. The summed E-state index contributed by atoms with van der Waals surface area (Å²) in [5.74, 6) is -0.814.